The predicted octanol–water partition coefficient (Wildman–Crippen LogP) is -8.35. The Labute approximate surface area is 366 Å². The van der Waals surface area contributed by atoms with Crippen LogP contribution in [-0.2, 0) is 0 Å². The molecule has 0 aliphatic carbocycles. The second-order valence-electron chi connectivity index (χ2n) is 1.33. The van der Waals surface area contributed by atoms with Crippen molar-refractivity contribution in [1.82, 2.24) is 5.32 Å². The van der Waals surface area contributed by atoms with Crippen molar-refractivity contribution in [2.75, 3.05) is 26.2 Å². The molecular formula is C4H24Ba5N3NaO11. The van der Waals surface area contributed by atoms with E-state index in [1.807, 2.05) is 0 Å². The fourth-order valence-electron chi connectivity index (χ4n) is 0.329. The molecule has 0 spiro atoms. The normalized spacial score (nSPS) is 2.75. The van der Waals surface area contributed by atoms with Crippen LogP contribution in [-0.4, -0.2) is 331 Å². The molecule has 0 atom stereocenters. The second kappa shape index (κ2) is 162. The Kier molecular flexibility index (Phi) is 1050. The maximum absolute atomic E-state index is 5.17. The van der Waals surface area contributed by atoms with E-state index in [1.165, 1.54) is 0 Å². The van der Waals surface area contributed by atoms with Gasteiger partial charge in [-0.3, -0.25) is 0 Å². The van der Waals surface area contributed by atoms with Gasteiger partial charge < -0.3 is 77.0 Å². The summed E-state index contributed by atoms with van der Waals surface area (Å²) in [6.07, 6.45) is 0. The standard InChI is InChI=1S/C4H13N3.5Ba.Na.11H2O/c5-1-3-7-4-2-6;;;;;;;;;;;;;;;;;/h7H,1-6H2;;;;;;;11*1H2/q;5*+2;+1;;;;;;;;;;;/p-11. The Morgan fingerprint density at radius 1 is 0.417 bits per heavy atom. The number of hydrogen-bond donors (Lipinski definition) is 3. The van der Waals surface area contributed by atoms with Gasteiger partial charge in [0.15, 0.2) is 0 Å². The Bertz CT molecular complexity index is 66.8. The molecule has 16 N–H and O–H groups in total. The van der Waals surface area contributed by atoms with Crippen molar-refractivity contribution in [3.63, 3.8) is 0 Å². The first-order valence-electron chi connectivity index (χ1n) is 2.52. The van der Waals surface area contributed by atoms with Crippen LogP contribution >= 0.6 is 0 Å². The van der Waals surface area contributed by atoms with Gasteiger partial charge in [0.1, 0.15) is 0 Å². The molecule has 0 amide bonds. The predicted molar refractivity (Wildman–Crippen MR) is 81.0 cm³/mol. The first kappa shape index (κ1) is 155. The van der Waals surface area contributed by atoms with Gasteiger partial charge in [0.25, 0.3) is 0 Å². The van der Waals surface area contributed by atoms with Crippen LogP contribution in [0.5, 0.6) is 0 Å². The van der Waals surface area contributed by atoms with Gasteiger partial charge in [-0.1, -0.05) is 0 Å². The minimum atomic E-state index is 0. The van der Waals surface area contributed by atoms with Crippen LogP contribution in [0.3, 0.4) is 0 Å². The van der Waals surface area contributed by atoms with E-state index in [0.29, 0.717) is 13.1 Å². The van der Waals surface area contributed by atoms with Gasteiger partial charge in [-0.15, -0.1) is 0 Å². The van der Waals surface area contributed by atoms with Crippen molar-refractivity contribution in [2.45, 2.75) is 0 Å². The van der Waals surface area contributed by atoms with Crippen molar-refractivity contribution < 1.29 is 89.8 Å². The molecule has 0 fully saturated rings. The zero-order chi connectivity index (χ0) is 5.54. The number of nitrogens with two attached hydrogens (primary N) is 2. The summed E-state index contributed by atoms with van der Waals surface area (Å²) in [7, 11) is 0. The van der Waals surface area contributed by atoms with E-state index in [9.17, 15) is 0 Å². The summed E-state index contributed by atoms with van der Waals surface area (Å²) in [6.45, 7) is 3.13. The summed E-state index contributed by atoms with van der Waals surface area (Å²) in [5.41, 5.74) is 10.3. The first-order chi connectivity index (χ1) is 3.41. The first-order valence-corrected chi connectivity index (χ1v) is 2.52. The summed E-state index contributed by atoms with van der Waals surface area (Å²) in [5, 5.41) is 3.03. The summed E-state index contributed by atoms with van der Waals surface area (Å²) in [6, 6.07) is 0. The van der Waals surface area contributed by atoms with Crippen molar-refractivity contribution in [2.24, 2.45) is 11.5 Å². The third-order valence-corrected chi connectivity index (χ3v) is 0.642. The van der Waals surface area contributed by atoms with Crippen LogP contribution in [0.1, 0.15) is 0 Å². The summed E-state index contributed by atoms with van der Waals surface area (Å²) in [5.74, 6) is 0. The second-order valence-corrected chi connectivity index (χ2v) is 1.33. The number of rotatable bonds is 4. The molecule has 14 nitrogen and oxygen atoms in total. The molecule has 132 valence electrons. The van der Waals surface area contributed by atoms with Gasteiger partial charge >= 0.3 is 274 Å². The maximum atomic E-state index is 5.17. The van der Waals surface area contributed by atoms with Crippen LogP contribution in [0.4, 0.5) is 0 Å². The van der Waals surface area contributed by atoms with Gasteiger partial charge in [-0.2, -0.15) is 0 Å². The van der Waals surface area contributed by atoms with Crippen LogP contribution in [0.15, 0.2) is 0 Å². The average Bonchev–Trinajstić information content (AvgIpc) is 1.69. The fourth-order valence-corrected chi connectivity index (χ4v) is 0.329. The minimum absolute atomic E-state index is 0. The zero-order valence-electron chi connectivity index (χ0n) is 13.9. The molecular weight excluding hydrogens is 976 g/mol. The quantitative estimate of drug-likeness (QED) is 0.174. The van der Waals surface area contributed by atoms with E-state index in [2.05, 4.69) is 5.32 Å². The minimum Gasteiger partial charge on any atom is -0.870 e. The molecule has 0 aromatic heterocycles. The third-order valence-electron chi connectivity index (χ3n) is 0.642. The molecule has 0 unspecified atom stereocenters. The molecule has 0 bridgehead atoms. The Balaban J connectivity index is -0.00000000132. The maximum Gasteiger partial charge on any atom is 2.00 e. The summed E-state index contributed by atoms with van der Waals surface area (Å²) >= 11 is 0. The van der Waals surface area contributed by atoms with Crippen molar-refractivity contribution in [3.05, 3.63) is 0 Å². The van der Waals surface area contributed by atoms with E-state index >= 15 is 0 Å². The smallest absolute Gasteiger partial charge is 0.870 e. The van der Waals surface area contributed by atoms with E-state index in [1.54, 1.807) is 0 Å². The van der Waals surface area contributed by atoms with Crippen LogP contribution in [0.25, 0.3) is 0 Å². The van der Waals surface area contributed by atoms with Gasteiger partial charge in [-0.05, 0) is 0 Å². The van der Waals surface area contributed by atoms with Crippen LogP contribution in [0.2, 0.25) is 0 Å². The molecule has 0 aromatic carbocycles. The van der Waals surface area contributed by atoms with Crippen LogP contribution in [0, 0.1) is 0 Å². The molecule has 0 saturated carbocycles. The number of hydrogen-bond acceptors (Lipinski definition) is 14. The Morgan fingerprint density at radius 3 is 0.625 bits per heavy atom. The van der Waals surface area contributed by atoms with Crippen molar-refractivity contribution in [3.8, 4) is 0 Å². The van der Waals surface area contributed by atoms with Crippen molar-refractivity contribution in [1.29, 1.82) is 0 Å². The van der Waals surface area contributed by atoms with E-state index in [-0.39, 0.29) is 334 Å². The Morgan fingerprint density at radius 2 is 0.542 bits per heavy atom. The van der Waals surface area contributed by atoms with Crippen LogP contribution < -0.4 is 46.3 Å². The molecule has 0 heterocycles. The number of nitrogens with one attached hydrogen (secondary N) is 1. The summed E-state index contributed by atoms with van der Waals surface area (Å²) < 4.78 is 0. The monoisotopic (exact) mass is 1000 g/mol. The zero-order valence-corrected chi connectivity index (χ0v) is 38.1. The van der Waals surface area contributed by atoms with Gasteiger partial charge in [0.2, 0.25) is 0 Å². The summed E-state index contributed by atoms with van der Waals surface area (Å²) in [4.78, 5) is 0. The molecule has 0 aliphatic rings. The molecule has 0 saturated heterocycles. The van der Waals surface area contributed by atoms with Gasteiger partial charge in [0, 0.05) is 26.2 Å². The molecule has 20 heteroatoms. The van der Waals surface area contributed by atoms with Gasteiger partial charge in [-0.25, -0.2) is 0 Å². The van der Waals surface area contributed by atoms with Crippen molar-refractivity contribution >= 4 is 244 Å². The van der Waals surface area contributed by atoms with Gasteiger partial charge in [0.05, 0.1) is 0 Å². The third kappa shape index (κ3) is 172. The topological polar surface area (TPSA) is 394 Å². The molecule has 0 aliphatic heterocycles. The van der Waals surface area contributed by atoms with E-state index in [0.717, 1.165) is 13.1 Å². The Hall–Kier alpha value is 8.30. The SMILES string of the molecule is NCCNCCN.[Ba+2].[Ba+2].[Ba+2].[Ba+2].[Ba+2].[Na+].[OH-].[OH-].[OH-].[OH-].[OH-].[OH-].[OH-].[OH-].[OH-].[OH-].[OH-]. The molecule has 0 rings (SSSR count). The fraction of sp³-hybridized carbons (Fsp3) is 1.00. The molecule has 24 heavy (non-hydrogen) atoms. The van der Waals surface area contributed by atoms with E-state index < -0.39 is 0 Å². The average molecular weight is 1000 g/mol. The van der Waals surface area contributed by atoms with E-state index in [4.69, 9.17) is 11.5 Å². The molecule has 0 radical (unpaired) electrons. The molecule has 0 aromatic rings. The largest absolute Gasteiger partial charge is 2.00 e.